The van der Waals surface area contributed by atoms with E-state index in [0.717, 1.165) is 25.7 Å². The van der Waals surface area contributed by atoms with Gasteiger partial charge in [0.05, 0.1) is 13.2 Å². The van der Waals surface area contributed by atoms with Gasteiger partial charge in [0.25, 0.3) is 0 Å². The second kappa shape index (κ2) is 9.92. The molecule has 0 aromatic rings. The first-order valence-corrected chi connectivity index (χ1v) is 7.10. The predicted molar refractivity (Wildman–Crippen MR) is 68.1 cm³/mol. The molecule has 0 unspecified atom stereocenters. The fourth-order valence-corrected chi connectivity index (χ4v) is 1.98. The van der Waals surface area contributed by atoms with Gasteiger partial charge in [-0.05, 0) is 19.3 Å². The van der Waals surface area contributed by atoms with E-state index in [1.54, 1.807) is 0 Å². The van der Waals surface area contributed by atoms with Crippen LogP contribution in [0, 0.1) is 0 Å². The average molecular weight is 256 g/mol. The maximum Gasteiger partial charge on any atom is 0.305 e. The van der Waals surface area contributed by atoms with E-state index in [1.165, 1.54) is 19.3 Å². The van der Waals surface area contributed by atoms with Gasteiger partial charge in [-0.1, -0.05) is 32.1 Å². The van der Waals surface area contributed by atoms with Crippen LogP contribution in [0.15, 0.2) is 0 Å². The van der Waals surface area contributed by atoms with Crippen LogP contribution in [0.1, 0.15) is 64.2 Å². The van der Waals surface area contributed by atoms with Crippen molar-refractivity contribution in [2.24, 2.45) is 0 Å². The molecule has 0 aromatic heterocycles. The molecule has 0 N–H and O–H groups in total. The van der Waals surface area contributed by atoms with Crippen LogP contribution in [-0.2, 0) is 19.1 Å². The lowest BCUT2D eigenvalue weighted by atomic mass is 10.1. The molecule has 0 amide bonds. The summed E-state index contributed by atoms with van der Waals surface area (Å²) in [5, 5.41) is 0. The topological polar surface area (TPSA) is 52.6 Å². The second-order valence-corrected chi connectivity index (χ2v) is 4.77. The molecule has 0 atom stereocenters. The summed E-state index contributed by atoms with van der Waals surface area (Å²) >= 11 is 0. The minimum atomic E-state index is -0.199. The van der Waals surface area contributed by atoms with Gasteiger partial charge in [-0.3, -0.25) is 9.59 Å². The number of rotatable bonds is 0. The van der Waals surface area contributed by atoms with Gasteiger partial charge in [-0.25, -0.2) is 0 Å². The van der Waals surface area contributed by atoms with Crippen molar-refractivity contribution in [1.82, 2.24) is 0 Å². The molecule has 0 radical (unpaired) electrons. The van der Waals surface area contributed by atoms with Crippen LogP contribution in [0.4, 0.5) is 0 Å². The number of cyclic esters (lactones) is 2. The Morgan fingerprint density at radius 2 is 0.944 bits per heavy atom. The SMILES string of the molecule is O=C1CCCC(=O)OCCCCCCCCCO1. The van der Waals surface area contributed by atoms with Gasteiger partial charge in [-0.15, -0.1) is 0 Å². The first kappa shape index (κ1) is 15.0. The van der Waals surface area contributed by atoms with Gasteiger partial charge in [0.2, 0.25) is 0 Å². The van der Waals surface area contributed by atoms with E-state index < -0.39 is 0 Å². The van der Waals surface area contributed by atoms with E-state index in [0.29, 0.717) is 32.5 Å². The number of carbonyl (C=O) groups is 2. The molecule has 0 aliphatic carbocycles. The Morgan fingerprint density at radius 1 is 0.556 bits per heavy atom. The number of hydrogen-bond acceptors (Lipinski definition) is 4. The number of ether oxygens (including phenoxy) is 2. The van der Waals surface area contributed by atoms with Crippen molar-refractivity contribution in [3.05, 3.63) is 0 Å². The molecule has 1 heterocycles. The highest BCUT2D eigenvalue weighted by Gasteiger charge is 2.07. The maximum atomic E-state index is 11.3. The van der Waals surface area contributed by atoms with Crippen LogP contribution in [0.2, 0.25) is 0 Å². The average Bonchev–Trinajstić information content (AvgIpc) is 2.34. The van der Waals surface area contributed by atoms with Gasteiger partial charge in [0, 0.05) is 12.8 Å². The standard InChI is InChI=1S/C14H24O4/c15-13-9-8-10-14(16)18-12-7-5-3-1-2-4-6-11-17-13/h1-12H2. The fourth-order valence-electron chi connectivity index (χ4n) is 1.98. The molecule has 4 heteroatoms. The molecule has 0 saturated carbocycles. The number of hydrogen-bond donors (Lipinski definition) is 0. The minimum absolute atomic E-state index is 0.199. The summed E-state index contributed by atoms with van der Waals surface area (Å²) in [6.45, 7) is 1.03. The minimum Gasteiger partial charge on any atom is -0.466 e. The molecule has 104 valence electrons. The highest BCUT2D eigenvalue weighted by atomic mass is 16.5. The van der Waals surface area contributed by atoms with E-state index in [-0.39, 0.29) is 11.9 Å². The molecule has 0 spiro atoms. The van der Waals surface area contributed by atoms with Gasteiger partial charge in [0.1, 0.15) is 0 Å². The van der Waals surface area contributed by atoms with Gasteiger partial charge < -0.3 is 9.47 Å². The molecule has 4 nitrogen and oxygen atoms in total. The molecular formula is C14H24O4. The van der Waals surface area contributed by atoms with Crippen LogP contribution >= 0.6 is 0 Å². The monoisotopic (exact) mass is 256 g/mol. The molecule has 18 heavy (non-hydrogen) atoms. The second-order valence-electron chi connectivity index (χ2n) is 4.77. The summed E-state index contributed by atoms with van der Waals surface area (Å²) in [6.07, 6.45) is 8.91. The van der Waals surface area contributed by atoms with Crippen LogP contribution in [0.5, 0.6) is 0 Å². The Balaban J connectivity index is 2.22. The lowest BCUT2D eigenvalue weighted by Gasteiger charge is -2.07. The van der Waals surface area contributed by atoms with Crippen molar-refractivity contribution in [3.8, 4) is 0 Å². The van der Waals surface area contributed by atoms with Crippen molar-refractivity contribution in [2.45, 2.75) is 64.2 Å². The third kappa shape index (κ3) is 8.09. The van der Waals surface area contributed by atoms with Gasteiger partial charge in [0.15, 0.2) is 0 Å². The zero-order valence-corrected chi connectivity index (χ0v) is 11.1. The van der Waals surface area contributed by atoms with E-state index >= 15 is 0 Å². The lowest BCUT2D eigenvalue weighted by molar-refractivity contribution is -0.145. The molecule has 1 saturated heterocycles. The van der Waals surface area contributed by atoms with E-state index in [4.69, 9.17) is 9.47 Å². The van der Waals surface area contributed by atoms with Crippen LogP contribution in [0.25, 0.3) is 0 Å². The van der Waals surface area contributed by atoms with Crippen LogP contribution in [-0.4, -0.2) is 25.2 Å². The Morgan fingerprint density at radius 3 is 1.39 bits per heavy atom. The van der Waals surface area contributed by atoms with Crippen molar-refractivity contribution in [1.29, 1.82) is 0 Å². The van der Waals surface area contributed by atoms with Crippen LogP contribution < -0.4 is 0 Å². The predicted octanol–water partition coefficient (Wildman–Crippen LogP) is 2.99. The molecule has 1 aliphatic heterocycles. The van der Waals surface area contributed by atoms with Crippen molar-refractivity contribution < 1.29 is 19.1 Å². The van der Waals surface area contributed by atoms with Crippen LogP contribution in [0.3, 0.4) is 0 Å². The quantitative estimate of drug-likeness (QED) is 0.625. The summed E-state index contributed by atoms with van der Waals surface area (Å²) in [5.41, 5.74) is 0. The third-order valence-electron chi connectivity index (χ3n) is 3.08. The zero-order chi connectivity index (χ0) is 13.1. The van der Waals surface area contributed by atoms with Crippen molar-refractivity contribution >= 4 is 11.9 Å². The van der Waals surface area contributed by atoms with E-state index in [2.05, 4.69) is 0 Å². The summed E-state index contributed by atoms with van der Waals surface area (Å²) in [6, 6.07) is 0. The van der Waals surface area contributed by atoms with E-state index in [1.807, 2.05) is 0 Å². The third-order valence-corrected chi connectivity index (χ3v) is 3.08. The molecule has 1 fully saturated rings. The van der Waals surface area contributed by atoms with E-state index in [9.17, 15) is 9.59 Å². The molecule has 1 rings (SSSR count). The molecule has 1 aliphatic rings. The van der Waals surface area contributed by atoms with Gasteiger partial charge in [-0.2, -0.15) is 0 Å². The Kier molecular flexibility index (Phi) is 8.26. The first-order valence-electron chi connectivity index (χ1n) is 7.10. The first-order chi connectivity index (χ1) is 8.79. The molecule has 0 aromatic carbocycles. The molecular weight excluding hydrogens is 232 g/mol. The van der Waals surface area contributed by atoms with Crippen molar-refractivity contribution in [3.63, 3.8) is 0 Å². The Labute approximate surface area is 109 Å². The number of esters is 2. The zero-order valence-electron chi connectivity index (χ0n) is 11.1. The largest absolute Gasteiger partial charge is 0.466 e. The smallest absolute Gasteiger partial charge is 0.305 e. The highest BCUT2D eigenvalue weighted by molar-refractivity contribution is 5.72. The lowest BCUT2D eigenvalue weighted by Crippen LogP contribution is -2.09. The summed E-state index contributed by atoms with van der Waals surface area (Å²) < 4.78 is 10.2. The Bertz CT molecular complexity index is 226. The summed E-state index contributed by atoms with van der Waals surface area (Å²) in [4.78, 5) is 22.6. The van der Waals surface area contributed by atoms with Crippen molar-refractivity contribution in [2.75, 3.05) is 13.2 Å². The molecule has 0 bridgehead atoms. The van der Waals surface area contributed by atoms with Gasteiger partial charge >= 0.3 is 11.9 Å². The summed E-state index contributed by atoms with van der Waals surface area (Å²) in [7, 11) is 0. The highest BCUT2D eigenvalue weighted by Crippen LogP contribution is 2.09. The maximum absolute atomic E-state index is 11.3. The fraction of sp³-hybridized carbons (Fsp3) is 0.857. The number of carbonyl (C=O) groups excluding carboxylic acids is 2. The summed E-state index contributed by atoms with van der Waals surface area (Å²) in [5.74, 6) is -0.398. The Hall–Kier alpha value is -1.06. The normalized spacial score (nSPS) is 22.0.